The second kappa shape index (κ2) is 8.02. The van der Waals surface area contributed by atoms with Crippen molar-refractivity contribution in [1.82, 2.24) is 4.90 Å². The third kappa shape index (κ3) is 3.87. The van der Waals surface area contributed by atoms with E-state index in [2.05, 4.69) is 33.4 Å². The minimum atomic E-state index is -0.321. The molecule has 3 aromatic rings. The first-order chi connectivity index (χ1) is 13.6. The highest BCUT2D eigenvalue weighted by Crippen LogP contribution is 2.34. The molecule has 2 heterocycles. The minimum absolute atomic E-state index is 0.00591. The lowest BCUT2D eigenvalue weighted by atomic mass is 10.0. The van der Waals surface area contributed by atoms with Crippen LogP contribution in [0.1, 0.15) is 45.4 Å². The van der Waals surface area contributed by atoms with Crippen molar-refractivity contribution in [1.29, 1.82) is 0 Å². The van der Waals surface area contributed by atoms with E-state index in [0.717, 1.165) is 29.4 Å². The molecule has 1 N–H and O–H groups in total. The first-order valence-electron chi connectivity index (χ1n) is 9.13. The summed E-state index contributed by atoms with van der Waals surface area (Å²) >= 11 is 3.51. The van der Waals surface area contributed by atoms with Crippen LogP contribution in [0.25, 0.3) is 0 Å². The van der Waals surface area contributed by atoms with Gasteiger partial charge >= 0.3 is 0 Å². The summed E-state index contributed by atoms with van der Waals surface area (Å²) in [6.45, 7) is 0.743. The highest BCUT2D eigenvalue weighted by molar-refractivity contribution is 9.10. The normalized spacial score (nSPS) is 16.2. The van der Waals surface area contributed by atoms with E-state index in [-0.39, 0.29) is 23.6 Å². The molecule has 6 heteroatoms. The van der Waals surface area contributed by atoms with Crippen LogP contribution in [0.15, 0.2) is 75.8 Å². The Balaban J connectivity index is 1.47. The summed E-state index contributed by atoms with van der Waals surface area (Å²) in [5, 5.41) is 2.76. The molecule has 1 atom stereocenters. The topological polar surface area (TPSA) is 62.6 Å². The van der Waals surface area contributed by atoms with Gasteiger partial charge < -0.3 is 14.6 Å². The molecule has 28 heavy (non-hydrogen) atoms. The number of hydrogen-bond acceptors (Lipinski definition) is 3. The van der Waals surface area contributed by atoms with Gasteiger partial charge in [0.05, 0.1) is 12.3 Å². The second-order valence-electron chi connectivity index (χ2n) is 6.72. The van der Waals surface area contributed by atoms with Crippen molar-refractivity contribution in [2.24, 2.45) is 0 Å². The number of likely N-dealkylation sites (tertiary alicyclic amines) is 1. The number of amides is 2. The molecule has 1 saturated heterocycles. The van der Waals surface area contributed by atoms with Crippen LogP contribution in [-0.4, -0.2) is 23.3 Å². The zero-order chi connectivity index (χ0) is 19.5. The molecule has 2 amide bonds. The predicted octanol–water partition coefficient (Wildman–Crippen LogP) is 5.27. The maximum Gasteiger partial charge on any atom is 0.291 e. The summed E-state index contributed by atoms with van der Waals surface area (Å²) in [5.74, 6) is -0.0705. The third-order valence-corrected chi connectivity index (χ3v) is 5.38. The number of carbonyl (C=O) groups is 2. The number of rotatable bonds is 4. The number of hydrogen-bond donors (Lipinski definition) is 1. The molecule has 0 saturated carbocycles. The van der Waals surface area contributed by atoms with Gasteiger partial charge in [0.15, 0.2) is 5.76 Å². The van der Waals surface area contributed by atoms with Crippen LogP contribution in [0.5, 0.6) is 0 Å². The van der Waals surface area contributed by atoms with Crippen molar-refractivity contribution < 1.29 is 14.0 Å². The number of furan rings is 1. The molecular formula is C22H19BrN2O3. The quantitative estimate of drug-likeness (QED) is 0.603. The maximum atomic E-state index is 13.0. The molecule has 0 radical (unpaired) electrons. The molecular weight excluding hydrogens is 420 g/mol. The van der Waals surface area contributed by atoms with E-state index in [1.54, 1.807) is 36.4 Å². The van der Waals surface area contributed by atoms with Crippen LogP contribution in [0.2, 0.25) is 0 Å². The van der Waals surface area contributed by atoms with Gasteiger partial charge in [0, 0.05) is 22.3 Å². The van der Waals surface area contributed by atoms with E-state index in [1.165, 1.54) is 6.26 Å². The lowest BCUT2D eigenvalue weighted by molar-refractivity contribution is 0.0735. The van der Waals surface area contributed by atoms with Crippen LogP contribution < -0.4 is 5.32 Å². The molecule has 0 spiro atoms. The van der Waals surface area contributed by atoms with E-state index >= 15 is 0 Å². The van der Waals surface area contributed by atoms with Crippen molar-refractivity contribution >= 4 is 33.4 Å². The number of nitrogens with one attached hydrogen (secondary N) is 1. The van der Waals surface area contributed by atoms with Gasteiger partial charge in [0.2, 0.25) is 0 Å². The first kappa shape index (κ1) is 18.5. The van der Waals surface area contributed by atoms with Gasteiger partial charge in [-0.25, -0.2) is 0 Å². The fourth-order valence-electron chi connectivity index (χ4n) is 3.53. The molecule has 142 valence electrons. The number of carbonyl (C=O) groups excluding carboxylic acids is 2. The summed E-state index contributed by atoms with van der Waals surface area (Å²) in [7, 11) is 0. The second-order valence-corrected chi connectivity index (χ2v) is 7.64. The van der Waals surface area contributed by atoms with Crippen molar-refractivity contribution in [3.63, 3.8) is 0 Å². The average molecular weight is 439 g/mol. The smallest absolute Gasteiger partial charge is 0.291 e. The number of nitrogens with zero attached hydrogens (tertiary/aromatic N) is 1. The molecule has 5 nitrogen and oxygen atoms in total. The Morgan fingerprint density at radius 1 is 1.07 bits per heavy atom. The summed E-state index contributed by atoms with van der Waals surface area (Å²) in [6.07, 6.45) is 3.40. The molecule has 0 aliphatic carbocycles. The fourth-order valence-corrected chi connectivity index (χ4v) is 3.95. The number of benzene rings is 2. The van der Waals surface area contributed by atoms with Crippen molar-refractivity contribution in [2.45, 2.75) is 18.9 Å². The van der Waals surface area contributed by atoms with Crippen molar-refractivity contribution in [3.05, 3.63) is 88.3 Å². The van der Waals surface area contributed by atoms with Gasteiger partial charge in [0.25, 0.3) is 11.8 Å². The van der Waals surface area contributed by atoms with Gasteiger partial charge in [-0.2, -0.15) is 0 Å². The first-order valence-corrected chi connectivity index (χ1v) is 9.92. The molecule has 0 bridgehead atoms. The molecule has 1 aliphatic rings. The Labute approximate surface area is 171 Å². The Morgan fingerprint density at radius 2 is 1.89 bits per heavy atom. The largest absolute Gasteiger partial charge is 0.459 e. The van der Waals surface area contributed by atoms with Gasteiger partial charge in [-0.15, -0.1) is 0 Å². The Kier molecular flexibility index (Phi) is 5.30. The highest BCUT2D eigenvalue weighted by Gasteiger charge is 2.30. The summed E-state index contributed by atoms with van der Waals surface area (Å²) < 4.78 is 6.10. The molecule has 4 rings (SSSR count). The van der Waals surface area contributed by atoms with Crippen molar-refractivity contribution in [2.75, 3.05) is 11.9 Å². The Hall–Kier alpha value is -2.86. The molecule has 1 aliphatic heterocycles. The lowest BCUT2D eigenvalue weighted by Crippen LogP contribution is -2.30. The van der Waals surface area contributed by atoms with E-state index in [0.29, 0.717) is 11.3 Å². The fraction of sp³-hybridized carbons (Fsp3) is 0.182. The standard InChI is InChI=1S/C22H19BrN2O3/c23-17-5-1-4-16(14-17)19-6-2-12-25(19)22(27)15-8-10-18(11-9-15)24-21(26)20-7-3-13-28-20/h1,3-5,7-11,13-14,19H,2,6,12H2,(H,24,26). The van der Waals surface area contributed by atoms with Gasteiger partial charge in [0.1, 0.15) is 0 Å². The number of anilines is 1. The Bertz CT molecular complexity index is 983. The minimum Gasteiger partial charge on any atom is -0.459 e. The SMILES string of the molecule is O=C(Nc1ccc(C(=O)N2CCCC2c2cccc(Br)c2)cc1)c1ccco1. The zero-order valence-electron chi connectivity index (χ0n) is 15.1. The third-order valence-electron chi connectivity index (χ3n) is 4.88. The molecule has 2 aromatic carbocycles. The van der Waals surface area contributed by atoms with Crippen molar-refractivity contribution in [3.8, 4) is 0 Å². The Morgan fingerprint density at radius 3 is 2.61 bits per heavy atom. The van der Waals surface area contributed by atoms with E-state index < -0.39 is 0 Å². The molecule has 1 fully saturated rings. The van der Waals surface area contributed by atoms with Gasteiger partial charge in [-0.3, -0.25) is 9.59 Å². The van der Waals surface area contributed by atoms with Crippen LogP contribution in [0.3, 0.4) is 0 Å². The van der Waals surface area contributed by atoms with E-state index in [1.807, 2.05) is 17.0 Å². The summed E-state index contributed by atoms with van der Waals surface area (Å²) in [6, 6.07) is 18.4. The summed E-state index contributed by atoms with van der Waals surface area (Å²) in [4.78, 5) is 27.0. The van der Waals surface area contributed by atoms with Crippen LogP contribution in [0.4, 0.5) is 5.69 Å². The maximum absolute atomic E-state index is 13.0. The average Bonchev–Trinajstić information content (AvgIpc) is 3.40. The predicted molar refractivity (Wildman–Crippen MR) is 110 cm³/mol. The van der Waals surface area contributed by atoms with Crippen LogP contribution >= 0.6 is 15.9 Å². The molecule has 1 aromatic heterocycles. The number of halogens is 1. The van der Waals surface area contributed by atoms with Crippen LogP contribution in [-0.2, 0) is 0 Å². The molecule has 1 unspecified atom stereocenters. The monoisotopic (exact) mass is 438 g/mol. The van der Waals surface area contributed by atoms with Gasteiger partial charge in [-0.1, -0.05) is 28.1 Å². The van der Waals surface area contributed by atoms with E-state index in [4.69, 9.17) is 4.42 Å². The summed E-state index contributed by atoms with van der Waals surface area (Å²) in [5.41, 5.74) is 2.36. The van der Waals surface area contributed by atoms with E-state index in [9.17, 15) is 9.59 Å². The zero-order valence-corrected chi connectivity index (χ0v) is 16.7. The lowest BCUT2D eigenvalue weighted by Gasteiger charge is -2.25. The highest BCUT2D eigenvalue weighted by atomic mass is 79.9. The van der Waals surface area contributed by atoms with Gasteiger partial charge in [-0.05, 0) is 66.9 Å². The van der Waals surface area contributed by atoms with Crippen LogP contribution in [0, 0.1) is 0 Å².